The van der Waals surface area contributed by atoms with Crippen LogP contribution in [0.2, 0.25) is 10.0 Å². The number of ether oxygens (including phenoxy) is 2. The summed E-state index contributed by atoms with van der Waals surface area (Å²) in [5.41, 5.74) is 3.20. The Morgan fingerprint density at radius 2 is 1.81 bits per heavy atom. The van der Waals surface area contributed by atoms with Gasteiger partial charge in [0.15, 0.2) is 11.5 Å². The molecule has 1 aliphatic heterocycles. The number of benzene rings is 3. The van der Waals surface area contributed by atoms with E-state index in [2.05, 4.69) is 5.16 Å². The zero-order valence-electron chi connectivity index (χ0n) is 16.5. The number of carbonyl (C=O) groups excluding carboxylic acids is 1. The minimum absolute atomic E-state index is 0.254. The van der Waals surface area contributed by atoms with Gasteiger partial charge in [-0.25, -0.2) is 4.79 Å². The molecule has 1 aliphatic rings. The predicted molar refractivity (Wildman–Crippen MR) is 121 cm³/mol. The molecule has 0 N–H and O–H groups in total. The molecule has 0 saturated heterocycles. The Morgan fingerprint density at radius 3 is 2.55 bits per heavy atom. The van der Waals surface area contributed by atoms with Crippen molar-refractivity contribution < 1.29 is 19.1 Å². The number of rotatable bonds is 6. The highest BCUT2D eigenvalue weighted by Crippen LogP contribution is 2.31. The molecule has 3 aromatic rings. The molecule has 31 heavy (non-hydrogen) atoms. The molecule has 1 heterocycles. The second kappa shape index (κ2) is 9.25. The molecule has 0 unspecified atom stereocenters. The number of halogens is 2. The van der Waals surface area contributed by atoms with Crippen LogP contribution in [0.3, 0.4) is 0 Å². The second-order valence-electron chi connectivity index (χ2n) is 6.68. The highest BCUT2D eigenvalue weighted by atomic mass is 35.5. The fourth-order valence-corrected chi connectivity index (χ4v) is 3.53. The molecule has 3 aromatic carbocycles. The lowest BCUT2D eigenvalue weighted by Crippen LogP contribution is -2.06. The quantitative estimate of drug-likeness (QED) is 0.343. The average molecular weight is 454 g/mol. The summed E-state index contributed by atoms with van der Waals surface area (Å²) in [7, 11) is 1.55. The van der Waals surface area contributed by atoms with E-state index in [4.69, 9.17) is 37.5 Å². The van der Waals surface area contributed by atoms with E-state index in [9.17, 15) is 4.79 Å². The Hall–Kier alpha value is -3.28. The third kappa shape index (κ3) is 4.74. The molecular formula is C24H17Cl2NO4. The number of hydrogen-bond acceptors (Lipinski definition) is 5. The lowest BCUT2D eigenvalue weighted by molar-refractivity contribution is -0.136. The van der Waals surface area contributed by atoms with Crippen LogP contribution in [0.25, 0.3) is 6.08 Å². The summed E-state index contributed by atoms with van der Waals surface area (Å²) in [5.74, 6) is 0.557. The van der Waals surface area contributed by atoms with E-state index in [1.165, 1.54) is 0 Å². The molecule has 5 nitrogen and oxygen atoms in total. The first-order valence-corrected chi connectivity index (χ1v) is 10.1. The van der Waals surface area contributed by atoms with Crippen LogP contribution < -0.4 is 9.47 Å². The summed E-state index contributed by atoms with van der Waals surface area (Å²) in [5, 5.41) is 5.01. The molecule has 0 spiro atoms. The van der Waals surface area contributed by atoms with Gasteiger partial charge in [-0.2, -0.15) is 0 Å². The smallest absolute Gasteiger partial charge is 0.368 e. The van der Waals surface area contributed by atoms with Gasteiger partial charge in [-0.1, -0.05) is 70.8 Å². The molecule has 0 saturated carbocycles. The molecule has 0 aromatic heterocycles. The van der Waals surface area contributed by atoms with E-state index in [1.807, 2.05) is 42.5 Å². The Balaban J connectivity index is 1.57. The van der Waals surface area contributed by atoms with Crippen molar-refractivity contribution in [3.8, 4) is 11.5 Å². The summed E-state index contributed by atoms with van der Waals surface area (Å²) < 4.78 is 11.4. The van der Waals surface area contributed by atoms with Gasteiger partial charge >= 0.3 is 5.97 Å². The third-order valence-corrected chi connectivity index (χ3v) is 5.23. The van der Waals surface area contributed by atoms with Crippen molar-refractivity contribution >= 4 is 41.0 Å². The van der Waals surface area contributed by atoms with Crippen molar-refractivity contribution in [3.63, 3.8) is 0 Å². The highest BCUT2D eigenvalue weighted by molar-refractivity contribution is 6.35. The van der Waals surface area contributed by atoms with E-state index >= 15 is 0 Å². The first-order chi connectivity index (χ1) is 15.0. The van der Waals surface area contributed by atoms with Gasteiger partial charge in [-0.05, 0) is 35.9 Å². The Kier molecular flexibility index (Phi) is 6.26. The van der Waals surface area contributed by atoms with Crippen LogP contribution >= 0.6 is 23.2 Å². The summed E-state index contributed by atoms with van der Waals surface area (Å²) in [6.45, 7) is 0.254. The number of carbonyl (C=O) groups is 1. The van der Waals surface area contributed by atoms with Crippen molar-refractivity contribution in [3.05, 3.63) is 99.0 Å². The van der Waals surface area contributed by atoms with Crippen LogP contribution in [0.15, 0.2) is 77.5 Å². The van der Waals surface area contributed by atoms with E-state index in [0.29, 0.717) is 32.8 Å². The van der Waals surface area contributed by atoms with Gasteiger partial charge in [0.25, 0.3) is 0 Å². The maximum absolute atomic E-state index is 12.2. The van der Waals surface area contributed by atoms with Crippen molar-refractivity contribution in [1.29, 1.82) is 0 Å². The summed E-state index contributed by atoms with van der Waals surface area (Å²) in [4.78, 5) is 17.1. The minimum Gasteiger partial charge on any atom is -0.493 e. The highest BCUT2D eigenvalue weighted by Gasteiger charge is 2.26. The van der Waals surface area contributed by atoms with Crippen LogP contribution in [-0.2, 0) is 16.2 Å². The molecule has 0 fully saturated rings. The van der Waals surface area contributed by atoms with Gasteiger partial charge in [-0.15, -0.1) is 0 Å². The summed E-state index contributed by atoms with van der Waals surface area (Å²) in [6.07, 6.45) is 1.71. The summed E-state index contributed by atoms with van der Waals surface area (Å²) >= 11 is 12.1. The van der Waals surface area contributed by atoms with Crippen LogP contribution in [0.4, 0.5) is 0 Å². The Morgan fingerprint density at radius 1 is 1.00 bits per heavy atom. The maximum Gasteiger partial charge on any atom is 0.368 e. The van der Waals surface area contributed by atoms with E-state index in [-0.39, 0.29) is 6.61 Å². The van der Waals surface area contributed by atoms with Crippen molar-refractivity contribution in [2.24, 2.45) is 5.16 Å². The molecule has 7 heteroatoms. The minimum atomic E-state index is -0.504. The van der Waals surface area contributed by atoms with Crippen molar-refractivity contribution in [1.82, 2.24) is 0 Å². The monoisotopic (exact) mass is 453 g/mol. The van der Waals surface area contributed by atoms with E-state index < -0.39 is 5.97 Å². The molecule has 0 bridgehead atoms. The number of methoxy groups -OCH3 is 1. The molecule has 0 amide bonds. The van der Waals surface area contributed by atoms with Gasteiger partial charge in [0.1, 0.15) is 12.3 Å². The molecule has 4 rings (SSSR count). The van der Waals surface area contributed by atoms with Crippen molar-refractivity contribution in [2.75, 3.05) is 7.11 Å². The Labute approximate surface area is 189 Å². The third-order valence-electron chi connectivity index (χ3n) is 4.64. The van der Waals surface area contributed by atoms with Crippen LogP contribution in [0.5, 0.6) is 11.5 Å². The molecule has 156 valence electrons. The molecule has 0 aliphatic carbocycles. The average Bonchev–Trinajstić information content (AvgIpc) is 3.14. The number of nitrogens with zero attached hydrogens (tertiary/aromatic N) is 1. The van der Waals surface area contributed by atoms with Gasteiger partial charge in [-0.3, -0.25) is 0 Å². The Bertz CT molecular complexity index is 1190. The standard InChI is InChI=1S/C24H17Cl2NO4/c1-29-22-12-15(7-10-21(22)30-14-17-8-9-18(25)13-20(17)26)11-19-23(27-31-24(19)28)16-5-3-2-4-6-16/h2-13H,14H2,1H3/b19-11+. The van der Waals surface area contributed by atoms with Crippen LogP contribution in [0, 0.1) is 0 Å². The van der Waals surface area contributed by atoms with E-state index in [1.54, 1.807) is 37.5 Å². The molecule has 0 atom stereocenters. The van der Waals surface area contributed by atoms with Crippen LogP contribution in [0.1, 0.15) is 16.7 Å². The predicted octanol–water partition coefficient (Wildman–Crippen LogP) is 5.93. The van der Waals surface area contributed by atoms with Gasteiger partial charge in [0.2, 0.25) is 0 Å². The summed E-state index contributed by atoms with van der Waals surface area (Å²) in [6, 6.07) is 20.0. The van der Waals surface area contributed by atoms with Gasteiger partial charge < -0.3 is 14.3 Å². The first-order valence-electron chi connectivity index (χ1n) is 9.37. The second-order valence-corrected chi connectivity index (χ2v) is 7.52. The largest absolute Gasteiger partial charge is 0.493 e. The lowest BCUT2D eigenvalue weighted by atomic mass is 10.0. The zero-order valence-corrected chi connectivity index (χ0v) is 18.0. The normalized spacial score (nSPS) is 14.4. The van der Waals surface area contributed by atoms with Gasteiger partial charge in [0, 0.05) is 21.2 Å². The van der Waals surface area contributed by atoms with E-state index in [0.717, 1.165) is 16.7 Å². The number of oxime groups is 1. The fourth-order valence-electron chi connectivity index (χ4n) is 3.07. The fraction of sp³-hybridized carbons (Fsp3) is 0.0833. The van der Waals surface area contributed by atoms with Gasteiger partial charge in [0.05, 0.1) is 12.7 Å². The van der Waals surface area contributed by atoms with Crippen molar-refractivity contribution in [2.45, 2.75) is 6.61 Å². The SMILES string of the molecule is COc1cc(/C=C2/C(=O)ON=C2c2ccccc2)ccc1OCc1ccc(Cl)cc1Cl. The molecular weight excluding hydrogens is 437 g/mol. The van der Waals surface area contributed by atoms with Crippen LogP contribution in [-0.4, -0.2) is 18.8 Å². The zero-order chi connectivity index (χ0) is 21.8. The molecule has 0 radical (unpaired) electrons. The maximum atomic E-state index is 12.2. The lowest BCUT2D eigenvalue weighted by Gasteiger charge is -2.12. The topological polar surface area (TPSA) is 57.1 Å². The first kappa shape index (κ1) is 21.0. The number of hydrogen-bond donors (Lipinski definition) is 0.